The summed E-state index contributed by atoms with van der Waals surface area (Å²) in [6.45, 7) is 2.88. The molecule has 2 rings (SSSR count). The number of likely N-dealkylation sites (tertiary alicyclic amines) is 1. The Kier molecular flexibility index (Phi) is 5.69. The monoisotopic (exact) mass is 390 g/mol. The summed E-state index contributed by atoms with van der Waals surface area (Å²) in [5, 5.41) is 10.4. The van der Waals surface area contributed by atoms with Crippen LogP contribution < -0.4 is 5.73 Å². The Hall–Kier alpha value is -0.100. The van der Waals surface area contributed by atoms with Crippen LogP contribution in [0, 0.1) is 0 Å². The highest BCUT2D eigenvalue weighted by molar-refractivity contribution is 9.11. The minimum Gasteiger partial charge on any atom is -0.397 e. The van der Waals surface area contributed by atoms with Crippen molar-refractivity contribution in [1.82, 2.24) is 4.90 Å². The van der Waals surface area contributed by atoms with Crippen molar-refractivity contribution in [3.63, 3.8) is 0 Å². The van der Waals surface area contributed by atoms with E-state index in [1.807, 2.05) is 12.1 Å². The lowest BCUT2D eigenvalue weighted by molar-refractivity contribution is 0.115. The third kappa shape index (κ3) is 4.18. The highest BCUT2D eigenvalue weighted by Crippen LogP contribution is 2.32. The lowest BCUT2D eigenvalue weighted by Gasteiger charge is -2.23. The van der Waals surface area contributed by atoms with Gasteiger partial charge < -0.3 is 15.7 Å². The number of hydrogen-bond donors (Lipinski definition) is 2. The number of β-amino-alcohol motifs (C(OH)–C–C–N with tert-alkyl or cyclic N) is 1. The second-order valence-corrected chi connectivity index (χ2v) is 6.84. The normalized spacial score (nSPS) is 19.1. The van der Waals surface area contributed by atoms with E-state index in [1.54, 1.807) is 0 Å². The molecule has 3 nitrogen and oxygen atoms in total. The van der Waals surface area contributed by atoms with Crippen LogP contribution in [0.4, 0.5) is 5.69 Å². The van der Waals surface area contributed by atoms with E-state index in [4.69, 9.17) is 5.73 Å². The molecule has 0 radical (unpaired) electrons. The molecule has 0 saturated carbocycles. The Balaban J connectivity index is 2.04. The van der Waals surface area contributed by atoms with Gasteiger partial charge in [-0.25, -0.2) is 0 Å². The molecule has 1 saturated heterocycles. The number of rotatable bonds is 3. The molecule has 0 aliphatic carbocycles. The van der Waals surface area contributed by atoms with E-state index in [-0.39, 0.29) is 0 Å². The molecule has 3 N–H and O–H groups in total. The van der Waals surface area contributed by atoms with E-state index in [9.17, 15) is 5.11 Å². The summed E-state index contributed by atoms with van der Waals surface area (Å²) in [4.78, 5) is 2.36. The second-order valence-electron chi connectivity index (χ2n) is 5.13. The van der Waals surface area contributed by atoms with Crippen molar-refractivity contribution in [3.05, 3.63) is 26.6 Å². The summed E-state index contributed by atoms with van der Waals surface area (Å²) >= 11 is 6.85. The standard InChI is InChI=1S/C14H20Br2N2O/c15-11-7-10(8-12(16)14(11)17)13(19)9-18-5-3-1-2-4-6-18/h7-8,13,19H,1-6,9,17H2. The minimum atomic E-state index is -0.466. The zero-order valence-electron chi connectivity index (χ0n) is 10.9. The van der Waals surface area contributed by atoms with Gasteiger partial charge in [-0.15, -0.1) is 0 Å². The maximum absolute atomic E-state index is 10.4. The van der Waals surface area contributed by atoms with E-state index in [0.29, 0.717) is 12.2 Å². The van der Waals surface area contributed by atoms with Crippen molar-refractivity contribution in [1.29, 1.82) is 0 Å². The van der Waals surface area contributed by atoms with Gasteiger partial charge in [0.15, 0.2) is 0 Å². The van der Waals surface area contributed by atoms with Crippen LogP contribution in [0.15, 0.2) is 21.1 Å². The molecule has 1 atom stereocenters. The van der Waals surface area contributed by atoms with Crippen LogP contribution in [-0.4, -0.2) is 29.6 Å². The van der Waals surface area contributed by atoms with E-state index in [1.165, 1.54) is 25.7 Å². The molecule has 106 valence electrons. The van der Waals surface area contributed by atoms with Crippen LogP contribution in [0.2, 0.25) is 0 Å². The number of nitrogens with zero attached hydrogens (tertiary/aromatic N) is 1. The number of aliphatic hydroxyl groups excluding tert-OH is 1. The van der Waals surface area contributed by atoms with Crippen LogP contribution >= 0.6 is 31.9 Å². The zero-order valence-corrected chi connectivity index (χ0v) is 14.1. The third-order valence-corrected chi connectivity index (χ3v) is 4.93. The van der Waals surface area contributed by atoms with Crippen molar-refractivity contribution in [2.45, 2.75) is 31.8 Å². The lowest BCUT2D eigenvalue weighted by atomic mass is 10.1. The number of anilines is 1. The SMILES string of the molecule is Nc1c(Br)cc(C(O)CN2CCCCCC2)cc1Br. The molecule has 1 aliphatic rings. The predicted molar refractivity (Wildman–Crippen MR) is 86.1 cm³/mol. The summed E-state index contributed by atoms with van der Waals surface area (Å²) in [5.41, 5.74) is 7.44. The van der Waals surface area contributed by atoms with E-state index < -0.39 is 6.10 Å². The summed E-state index contributed by atoms with van der Waals surface area (Å²) in [7, 11) is 0. The lowest BCUT2D eigenvalue weighted by Crippen LogP contribution is -2.29. The van der Waals surface area contributed by atoms with Gasteiger partial charge >= 0.3 is 0 Å². The average molecular weight is 392 g/mol. The Morgan fingerprint density at radius 3 is 2.16 bits per heavy atom. The zero-order chi connectivity index (χ0) is 13.8. The van der Waals surface area contributed by atoms with E-state index in [2.05, 4.69) is 36.8 Å². The number of nitrogen functional groups attached to an aromatic ring is 1. The fourth-order valence-electron chi connectivity index (χ4n) is 2.47. The molecular weight excluding hydrogens is 372 g/mol. The first-order chi connectivity index (χ1) is 9.08. The maximum atomic E-state index is 10.4. The number of halogens is 2. The van der Waals surface area contributed by atoms with Gasteiger partial charge in [0.1, 0.15) is 0 Å². The first kappa shape index (κ1) is 15.3. The first-order valence-electron chi connectivity index (χ1n) is 6.73. The van der Waals surface area contributed by atoms with Crippen LogP contribution in [0.5, 0.6) is 0 Å². The molecule has 19 heavy (non-hydrogen) atoms. The molecule has 0 spiro atoms. The van der Waals surface area contributed by atoms with Crippen molar-refractivity contribution < 1.29 is 5.11 Å². The van der Waals surface area contributed by atoms with Crippen LogP contribution in [0.25, 0.3) is 0 Å². The number of hydrogen-bond acceptors (Lipinski definition) is 3. The Labute approximate surface area is 131 Å². The fourth-order valence-corrected chi connectivity index (χ4v) is 3.69. The molecule has 1 aliphatic heterocycles. The van der Waals surface area contributed by atoms with Gasteiger partial charge in [-0.05, 0) is 75.5 Å². The van der Waals surface area contributed by atoms with Gasteiger partial charge in [0, 0.05) is 15.5 Å². The van der Waals surface area contributed by atoms with Gasteiger partial charge in [0.05, 0.1) is 11.8 Å². The summed E-state index contributed by atoms with van der Waals surface area (Å²) in [5.74, 6) is 0. The van der Waals surface area contributed by atoms with Crippen LogP contribution in [-0.2, 0) is 0 Å². The minimum absolute atomic E-state index is 0.466. The molecule has 1 fully saturated rings. The molecule has 1 aromatic rings. The van der Waals surface area contributed by atoms with Crippen molar-refractivity contribution in [2.24, 2.45) is 0 Å². The van der Waals surface area contributed by atoms with Crippen molar-refractivity contribution in [3.8, 4) is 0 Å². The topological polar surface area (TPSA) is 49.5 Å². The van der Waals surface area contributed by atoms with Gasteiger partial charge in [0.2, 0.25) is 0 Å². The molecule has 0 amide bonds. The highest BCUT2D eigenvalue weighted by Gasteiger charge is 2.16. The van der Waals surface area contributed by atoms with Crippen molar-refractivity contribution in [2.75, 3.05) is 25.4 Å². The summed E-state index contributed by atoms with van der Waals surface area (Å²) in [6.07, 6.45) is 4.63. The molecule has 1 aromatic carbocycles. The number of nitrogens with two attached hydrogens (primary N) is 1. The molecule has 1 unspecified atom stereocenters. The predicted octanol–water partition coefficient (Wildman–Crippen LogP) is 3.70. The quantitative estimate of drug-likeness (QED) is 0.772. The molecule has 0 bridgehead atoms. The molecule has 0 aromatic heterocycles. The molecule has 1 heterocycles. The van der Waals surface area contributed by atoms with E-state index >= 15 is 0 Å². The third-order valence-electron chi connectivity index (χ3n) is 3.62. The molecule has 5 heteroatoms. The van der Waals surface area contributed by atoms with Crippen LogP contribution in [0.3, 0.4) is 0 Å². The number of benzene rings is 1. The second kappa shape index (κ2) is 7.07. The summed E-state index contributed by atoms with van der Waals surface area (Å²) in [6, 6.07) is 3.81. The highest BCUT2D eigenvalue weighted by atomic mass is 79.9. The maximum Gasteiger partial charge on any atom is 0.0917 e. The summed E-state index contributed by atoms with van der Waals surface area (Å²) < 4.78 is 1.65. The smallest absolute Gasteiger partial charge is 0.0917 e. The van der Waals surface area contributed by atoms with Gasteiger partial charge in [0.25, 0.3) is 0 Å². The Bertz CT molecular complexity index is 408. The van der Waals surface area contributed by atoms with Gasteiger partial charge in [-0.3, -0.25) is 0 Å². The Morgan fingerprint density at radius 2 is 1.63 bits per heavy atom. The fraction of sp³-hybridized carbons (Fsp3) is 0.571. The Morgan fingerprint density at radius 1 is 1.11 bits per heavy atom. The average Bonchev–Trinajstić information content (AvgIpc) is 2.64. The van der Waals surface area contributed by atoms with Gasteiger partial charge in [-0.1, -0.05) is 12.8 Å². The molecular formula is C14H20Br2N2O. The van der Waals surface area contributed by atoms with E-state index in [0.717, 1.165) is 27.6 Å². The van der Waals surface area contributed by atoms with Gasteiger partial charge in [-0.2, -0.15) is 0 Å². The van der Waals surface area contributed by atoms with Crippen LogP contribution in [0.1, 0.15) is 37.4 Å². The first-order valence-corrected chi connectivity index (χ1v) is 8.31. The largest absolute Gasteiger partial charge is 0.397 e. The van der Waals surface area contributed by atoms with Crippen molar-refractivity contribution >= 4 is 37.5 Å². The number of aliphatic hydroxyl groups is 1.